The van der Waals surface area contributed by atoms with E-state index in [1.807, 2.05) is 0 Å². The molecule has 3 rings (SSSR count). The highest BCUT2D eigenvalue weighted by molar-refractivity contribution is 5.98. The molecule has 0 amide bonds. The molecule has 0 atom stereocenters. The van der Waals surface area contributed by atoms with Gasteiger partial charge in [-0.3, -0.25) is 0 Å². The van der Waals surface area contributed by atoms with E-state index in [-0.39, 0.29) is 39.5 Å². The molecule has 9 nitrogen and oxygen atoms in total. The van der Waals surface area contributed by atoms with Crippen LogP contribution in [0.25, 0.3) is 22.1 Å². The number of aromatic hydroxyl groups is 1. The Bertz CT molecular complexity index is 1120. The van der Waals surface area contributed by atoms with Crippen LogP contribution in [0, 0.1) is 0 Å². The summed E-state index contributed by atoms with van der Waals surface area (Å²) in [5.41, 5.74) is -0.506. The van der Waals surface area contributed by atoms with E-state index in [4.69, 9.17) is 32.8 Å². The quantitative estimate of drug-likeness (QED) is 0.579. The summed E-state index contributed by atoms with van der Waals surface area (Å²) < 4.78 is 37.5. The lowest BCUT2D eigenvalue weighted by atomic mass is 10.0. The van der Waals surface area contributed by atoms with Gasteiger partial charge in [-0.15, -0.1) is 0 Å². The molecule has 2 aromatic carbocycles. The third-order valence-corrected chi connectivity index (χ3v) is 4.63. The van der Waals surface area contributed by atoms with Crippen LogP contribution in [-0.4, -0.2) is 47.8 Å². The lowest BCUT2D eigenvalue weighted by molar-refractivity contribution is 0.324. The molecule has 0 bridgehead atoms. The summed E-state index contributed by atoms with van der Waals surface area (Å²) in [5.74, 6) is 1.29. The van der Waals surface area contributed by atoms with Gasteiger partial charge in [-0.1, -0.05) is 0 Å². The normalized spacial score (nSPS) is 10.6. The van der Waals surface area contributed by atoms with Gasteiger partial charge in [-0.2, -0.15) is 0 Å². The number of methoxy groups -OCH3 is 6. The van der Waals surface area contributed by atoms with Crippen molar-refractivity contribution in [3.63, 3.8) is 0 Å². The summed E-state index contributed by atoms with van der Waals surface area (Å²) in [5, 5.41) is 11.2. The van der Waals surface area contributed by atoms with Crippen LogP contribution in [0.5, 0.6) is 40.2 Å². The lowest BCUT2D eigenvalue weighted by Gasteiger charge is -2.17. The van der Waals surface area contributed by atoms with Gasteiger partial charge in [0.2, 0.25) is 11.5 Å². The minimum Gasteiger partial charge on any atom is -0.506 e. The highest BCUT2D eigenvalue weighted by Crippen LogP contribution is 2.49. The van der Waals surface area contributed by atoms with Crippen LogP contribution in [0.1, 0.15) is 0 Å². The Morgan fingerprint density at radius 3 is 1.67 bits per heavy atom. The van der Waals surface area contributed by atoms with Gasteiger partial charge in [0, 0.05) is 11.6 Å². The second-order valence-corrected chi connectivity index (χ2v) is 6.05. The molecule has 0 aliphatic rings. The van der Waals surface area contributed by atoms with E-state index in [9.17, 15) is 9.90 Å². The van der Waals surface area contributed by atoms with Gasteiger partial charge >= 0.3 is 5.63 Å². The number of hydrogen-bond donors (Lipinski definition) is 1. The van der Waals surface area contributed by atoms with Crippen LogP contribution in [0.2, 0.25) is 0 Å². The zero-order valence-corrected chi connectivity index (χ0v) is 17.4. The van der Waals surface area contributed by atoms with E-state index in [1.54, 1.807) is 0 Å². The van der Waals surface area contributed by atoms with Gasteiger partial charge in [0.05, 0.1) is 42.7 Å². The predicted octanol–water partition coefficient (Wildman–Crippen LogP) is 3.22. The molecule has 0 spiro atoms. The molecule has 1 N–H and O–H groups in total. The number of fused-ring (bicyclic) bond motifs is 1. The number of benzene rings is 2. The largest absolute Gasteiger partial charge is 0.506 e. The average molecular weight is 418 g/mol. The maximum absolute atomic E-state index is 12.8. The Hall–Kier alpha value is -3.75. The van der Waals surface area contributed by atoms with E-state index in [0.717, 1.165) is 0 Å². The minimum atomic E-state index is -0.774. The van der Waals surface area contributed by atoms with E-state index in [0.29, 0.717) is 22.8 Å². The van der Waals surface area contributed by atoms with Crippen molar-refractivity contribution in [1.29, 1.82) is 0 Å². The number of rotatable bonds is 7. The van der Waals surface area contributed by atoms with Crippen molar-refractivity contribution in [1.82, 2.24) is 0 Å². The SMILES string of the molecule is COc1cc(-c2c(O)c3c(OC)c(OC)c(OC)cc3oc2=O)cc(OC)c1OC. The van der Waals surface area contributed by atoms with E-state index < -0.39 is 5.63 Å². The molecule has 1 heterocycles. The third kappa shape index (κ3) is 3.18. The minimum absolute atomic E-state index is 0.0724. The van der Waals surface area contributed by atoms with E-state index in [1.165, 1.54) is 60.9 Å². The first kappa shape index (κ1) is 21.0. The number of ether oxygens (including phenoxy) is 6. The summed E-state index contributed by atoms with van der Waals surface area (Å²) in [6, 6.07) is 4.51. The molecular weight excluding hydrogens is 396 g/mol. The van der Waals surface area contributed by atoms with Crippen molar-refractivity contribution in [3.8, 4) is 51.4 Å². The Labute approximate surface area is 172 Å². The average Bonchev–Trinajstić information content (AvgIpc) is 2.76. The fourth-order valence-electron chi connectivity index (χ4n) is 3.29. The standard InChI is InChI=1S/C21H22O9/c1-24-12-7-10(8-13(25-2)18(12)27-4)15-17(22)16-11(30-21(15)23)9-14(26-3)19(28-5)20(16)29-6/h7-9,22H,1-6H3. The van der Waals surface area contributed by atoms with Crippen LogP contribution >= 0.6 is 0 Å². The highest BCUT2D eigenvalue weighted by atomic mass is 16.5. The summed E-state index contributed by atoms with van der Waals surface area (Å²) in [4.78, 5) is 12.8. The van der Waals surface area contributed by atoms with Crippen molar-refractivity contribution in [2.24, 2.45) is 0 Å². The van der Waals surface area contributed by atoms with Crippen molar-refractivity contribution >= 4 is 11.0 Å². The summed E-state index contributed by atoms with van der Waals surface area (Å²) in [7, 11) is 8.63. The lowest BCUT2D eigenvalue weighted by Crippen LogP contribution is -2.06. The highest BCUT2D eigenvalue weighted by Gasteiger charge is 2.26. The van der Waals surface area contributed by atoms with Gasteiger partial charge in [0.15, 0.2) is 23.0 Å². The molecular formula is C21H22O9. The zero-order chi connectivity index (χ0) is 22.0. The van der Waals surface area contributed by atoms with Crippen LogP contribution in [0.4, 0.5) is 0 Å². The van der Waals surface area contributed by atoms with Gasteiger partial charge in [0.1, 0.15) is 22.3 Å². The topological polar surface area (TPSA) is 106 Å². The third-order valence-electron chi connectivity index (χ3n) is 4.63. The molecule has 9 heteroatoms. The summed E-state index contributed by atoms with van der Waals surface area (Å²) in [6.07, 6.45) is 0. The smallest absolute Gasteiger partial charge is 0.347 e. The second kappa shape index (κ2) is 8.32. The van der Waals surface area contributed by atoms with Gasteiger partial charge in [-0.05, 0) is 12.1 Å². The molecule has 1 aromatic heterocycles. The molecule has 30 heavy (non-hydrogen) atoms. The molecule has 0 aliphatic heterocycles. The number of hydrogen-bond acceptors (Lipinski definition) is 9. The molecule has 0 saturated carbocycles. The van der Waals surface area contributed by atoms with Crippen LogP contribution < -0.4 is 34.0 Å². The molecule has 0 unspecified atom stereocenters. The van der Waals surface area contributed by atoms with Crippen molar-refractivity contribution in [2.75, 3.05) is 42.7 Å². The Kier molecular flexibility index (Phi) is 5.81. The fraction of sp³-hybridized carbons (Fsp3) is 0.286. The van der Waals surface area contributed by atoms with Crippen molar-refractivity contribution < 1.29 is 37.9 Å². The first-order valence-corrected chi connectivity index (χ1v) is 8.74. The molecule has 0 radical (unpaired) electrons. The Morgan fingerprint density at radius 2 is 1.20 bits per heavy atom. The monoisotopic (exact) mass is 418 g/mol. The van der Waals surface area contributed by atoms with Gasteiger partial charge in [0.25, 0.3) is 0 Å². The van der Waals surface area contributed by atoms with Crippen molar-refractivity contribution in [2.45, 2.75) is 0 Å². The van der Waals surface area contributed by atoms with Crippen LogP contribution in [0.3, 0.4) is 0 Å². The predicted molar refractivity (Wildman–Crippen MR) is 109 cm³/mol. The Balaban J connectivity index is 2.43. The molecule has 0 saturated heterocycles. The summed E-state index contributed by atoms with van der Waals surface area (Å²) in [6.45, 7) is 0. The first-order chi connectivity index (χ1) is 14.4. The first-order valence-electron chi connectivity index (χ1n) is 8.74. The molecule has 3 aromatic rings. The van der Waals surface area contributed by atoms with E-state index >= 15 is 0 Å². The van der Waals surface area contributed by atoms with E-state index in [2.05, 4.69) is 0 Å². The fourth-order valence-corrected chi connectivity index (χ4v) is 3.29. The Morgan fingerprint density at radius 1 is 0.700 bits per heavy atom. The second-order valence-electron chi connectivity index (χ2n) is 6.05. The maximum Gasteiger partial charge on any atom is 0.347 e. The van der Waals surface area contributed by atoms with Crippen LogP contribution in [0.15, 0.2) is 27.4 Å². The van der Waals surface area contributed by atoms with Gasteiger partial charge in [-0.25, -0.2) is 4.79 Å². The summed E-state index contributed by atoms with van der Waals surface area (Å²) >= 11 is 0. The zero-order valence-electron chi connectivity index (χ0n) is 17.4. The maximum atomic E-state index is 12.8. The van der Waals surface area contributed by atoms with Gasteiger partial charge < -0.3 is 37.9 Å². The molecule has 0 aliphatic carbocycles. The van der Waals surface area contributed by atoms with Crippen molar-refractivity contribution in [3.05, 3.63) is 28.6 Å². The molecule has 0 fully saturated rings. The molecule has 160 valence electrons. The van der Waals surface area contributed by atoms with Crippen LogP contribution in [-0.2, 0) is 0 Å².